The van der Waals surface area contributed by atoms with Gasteiger partial charge in [0.2, 0.25) is 5.88 Å². The Labute approximate surface area is 145 Å². The van der Waals surface area contributed by atoms with E-state index in [9.17, 15) is 0 Å². The Balaban J connectivity index is 1.55. The molecule has 2 aromatic carbocycles. The number of nitrogens with zero attached hydrogens (tertiary/aromatic N) is 2. The number of ether oxygens (including phenoxy) is 1. The summed E-state index contributed by atoms with van der Waals surface area (Å²) in [5.41, 5.74) is 5.60. The minimum atomic E-state index is -0.611. The fourth-order valence-electron chi connectivity index (χ4n) is 2.75. The van der Waals surface area contributed by atoms with Crippen LogP contribution in [-0.2, 0) is 10.4 Å². The smallest absolute Gasteiger partial charge is 0.216 e. The fourth-order valence-corrected chi connectivity index (χ4v) is 2.75. The molecule has 124 valence electrons. The molecule has 0 saturated carbocycles. The Bertz CT molecular complexity index is 880. The molecule has 1 unspecified atom stereocenters. The zero-order chi connectivity index (χ0) is 17.1. The molecule has 4 rings (SSSR count). The first-order chi connectivity index (χ1) is 12.2. The summed E-state index contributed by atoms with van der Waals surface area (Å²) in [6.07, 6.45) is 6.55. The number of rotatable bonds is 4. The summed E-state index contributed by atoms with van der Waals surface area (Å²) in [7, 11) is 0. The van der Waals surface area contributed by atoms with Crippen LogP contribution in [0.1, 0.15) is 12.5 Å². The summed E-state index contributed by atoms with van der Waals surface area (Å²) in [5, 5.41) is 0. The minimum Gasteiger partial charge on any atom is -0.436 e. The van der Waals surface area contributed by atoms with Crippen LogP contribution >= 0.6 is 0 Å². The van der Waals surface area contributed by atoms with Gasteiger partial charge in [0.1, 0.15) is 11.9 Å². The molecule has 1 aromatic heterocycles. The van der Waals surface area contributed by atoms with Crippen molar-refractivity contribution in [3.8, 4) is 16.9 Å². The number of benzene rings is 2. The highest BCUT2D eigenvalue weighted by molar-refractivity contribution is 5.63. The van der Waals surface area contributed by atoms with Gasteiger partial charge in [-0.2, -0.15) is 0 Å². The van der Waals surface area contributed by atoms with Crippen molar-refractivity contribution < 1.29 is 9.57 Å². The van der Waals surface area contributed by atoms with Crippen molar-refractivity contribution in [1.29, 1.82) is 0 Å². The summed E-state index contributed by atoms with van der Waals surface area (Å²) < 4.78 is 5.69. The third kappa shape index (κ3) is 3.22. The molecule has 3 aromatic rings. The van der Waals surface area contributed by atoms with E-state index in [0.717, 1.165) is 5.56 Å². The molecule has 1 atom stereocenters. The maximum absolute atomic E-state index is 5.75. The van der Waals surface area contributed by atoms with Crippen molar-refractivity contribution in [1.82, 2.24) is 15.4 Å². The van der Waals surface area contributed by atoms with Crippen molar-refractivity contribution in [2.45, 2.75) is 12.5 Å². The van der Waals surface area contributed by atoms with Gasteiger partial charge in [-0.1, -0.05) is 54.6 Å². The standard InChI is InChI=1S/C20H17N3O2/c1-20(11-19(23-25-20)24-18-12-21-14-22-13-18)17-9-7-16(8-10-17)15-5-3-2-4-6-15/h2-14,23H,1H3. The van der Waals surface area contributed by atoms with E-state index in [1.54, 1.807) is 12.4 Å². The highest BCUT2D eigenvalue weighted by Gasteiger charge is 2.33. The summed E-state index contributed by atoms with van der Waals surface area (Å²) >= 11 is 0. The third-order valence-electron chi connectivity index (χ3n) is 4.10. The molecule has 5 heteroatoms. The fraction of sp³-hybridized carbons (Fsp3) is 0.100. The van der Waals surface area contributed by atoms with Crippen LogP contribution in [0.2, 0.25) is 0 Å². The molecule has 0 bridgehead atoms. The highest BCUT2D eigenvalue weighted by atomic mass is 16.7. The van der Waals surface area contributed by atoms with Gasteiger partial charge in [-0.05, 0) is 23.6 Å². The normalized spacial score (nSPS) is 19.2. The second-order valence-electron chi connectivity index (χ2n) is 5.94. The molecule has 0 spiro atoms. The Hall–Kier alpha value is -3.18. The van der Waals surface area contributed by atoms with E-state index in [-0.39, 0.29) is 0 Å². The molecule has 0 amide bonds. The monoisotopic (exact) mass is 331 g/mol. The van der Waals surface area contributed by atoms with Crippen molar-refractivity contribution in [3.05, 3.63) is 90.8 Å². The highest BCUT2D eigenvalue weighted by Crippen LogP contribution is 2.33. The van der Waals surface area contributed by atoms with E-state index in [2.05, 4.69) is 51.8 Å². The number of hydrogen-bond acceptors (Lipinski definition) is 5. The van der Waals surface area contributed by atoms with E-state index in [0.29, 0.717) is 11.6 Å². The lowest BCUT2D eigenvalue weighted by Crippen LogP contribution is -2.23. The average Bonchev–Trinajstić information content (AvgIpc) is 3.05. The van der Waals surface area contributed by atoms with E-state index in [4.69, 9.17) is 9.57 Å². The number of hydroxylamine groups is 1. The lowest BCUT2D eigenvalue weighted by Gasteiger charge is -2.20. The van der Waals surface area contributed by atoms with Gasteiger partial charge in [0.25, 0.3) is 0 Å². The Morgan fingerprint density at radius 3 is 2.32 bits per heavy atom. The summed E-state index contributed by atoms with van der Waals surface area (Å²) in [4.78, 5) is 13.6. The lowest BCUT2D eigenvalue weighted by molar-refractivity contribution is -0.0401. The Kier molecular flexibility index (Phi) is 3.91. The van der Waals surface area contributed by atoms with E-state index in [1.165, 1.54) is 17.5 Å². The first-order valence-corrected chi connectivity index (χ1v) is 7.99. The summed E-state index contributed by atoms with van der Waals surface area (Å²) in [5.74, 6) is 1.07. The van der Waals surface area contributed by atoms with Gasteiger partial charge in [-0.3, -0.25) is 4.84 Å². The van der Waals surface area contributed by atoms with Crippen molar-refractivity contribution >= 4 is 0 Å². The Morgan fingerprint density at radius 2 is 1.60 bits per heavy atom. The minimum absolute atomic E-state index is 0.518. The van der Waals surface area contributed by atoms with Crippen LogP contribution < -0.4 is 10.2 Å². The zero-order valence-corrected chi connectivity index (χ0v) is 13.7. The quantitative estimate of drug-likeness (QED) is 0.788. The number of aromatic nitrogens is 2. The first kappa shape index (κ1) is 15.4. The molecule has 1 aliphatic heterocycles. The maximum Gasteiger partial charge on any atom is 0.216 e. The maximum atomic E-state index is 5.75. The Morgan fingerprint density at radius 1 is 0.920 bits per heavy atom. The predicted molar refractivity (Wildman–Crippen MR) is 94.2 cm³/mol. The molecular weight excluding hydrogens is 314 g/mol. The van der Waals surface area contributed by atoms with Crippen LogP contribution in [0.15, 0.2) is 85.3 Å². The number of hydrogen-bond donors (Lipinski definition) is 1. The second kappa shape index (κ2) is 6.37. The van der Waals surface area contributed by atoms with Crippen LogP contribution in [-0.4, -0.2) is 9.97 Å². The second-order valence-corrected chi connectivity index (χ2v) is 5.94. The molecule has 1 aliphatic rings. The van der Waals surface area contributed by atoms with E-state index in [1.807, 2.05) is 31.2 Å². The third-order valence-corrected chi connectivity index (χ3v) is 4.10. The molecule has 0 saturated heterocycles. The average molecular weight is 331 g/mol. The summed E-state index contributed by atoms with van der Waals surface area (Å²) in [6, 6.07) is 18.6. The molecule has 25 heavy (non-hydrogen) atoms. The van der Waals surface area contributed by atoms with Crippen molar-refractivity contribution in [2.75, 3.05) is 0 Å². The van der Waals surface area contributed by atoms with Crippen LogP contribution in [0.25, 0.3) is 11.1 Å². The predicted octanol–water partition coefficient (Wildman–Crippen LogP) is 3.81. The van der Waals surface area contributed by atoms with E-state index >= 15 is 0 Å². The van der Waals surface area contributed by atoms with Crippen LogP contribution in [0.3, 0.4) is 0 Å². The van der Waals surface area contributed by atoms with Gasteiger partial charge in [0, 0.05) is 6.08 Å². The summed E-state index contributed by atoms with van der Waals surface area (Å²) in [6.45, 7) is 1.98. The molecule has 0 fully saturated rings. The SMILES string of the molecule is CC1(c2ccc(-c3ccccc3)cc2)C=C(Oc2cncnc2)NO1. The van der Waals surface area contributed by atoms with Gasteiger partial charge in [-0.15, -0.1) is 0 Å². The van der Waals surface area contributed by atoms with Gasteiger partial charge in [0.05, 0.1) is 12.4 Å². The molecule has 2 heterocycles. The van der Waals surface area contributed by atoms with E-state index < -0.39 is 5.60 Å². The molecule has 0 aliphatic carbocycles. The van der Waals surface area contributed by atoms with Crippen LogP contribution in [0, 0.1) is 0 Å². The molecule has 5 nitrogen and oxygen atoms in total. The molecule has 1 N–H and O–H groups in total. The van der Waals surface area contributed by atoms with Crippen molar-refractivity contribution in [2.24, 2.45) is 0 Å². The zero-order valence-electron chi connectivity index (χ0n) is 13.7. The van der Waals surface area contributed by atoms with Gasteiger partial charge < -0.3 is 4.74 Å². The van der Waals surface area contributed by atoms with Crippen LogP contribution in [0.4, 0.5) is 0 Å². The molecular formula is C20H17N3O2. The van der Waals surface area contributed by atoms with Gasteiger partial charge in [0.15, 0.2) is 5.75 Å². The number of nitrogens with one attached hydrogen (secondary N) is 1. The van der Waals surface area contributed by atoms with Gasteiger partial charge >= 0.3 is 0 Å². The van der Waals surface area contributed by atoms with Gasteiger partial charge in [-0.25, -0.2) is 15.4 Å². The topological polar surface area (TPSA) is 56.3 Å². The largest absolute Gasteiger partial charge is 0.436 e. The first-order valence-electron chi connectivity index (χ1n) is 7.99. The van der Waals surface area contributed by atoms with Crippen LogP contribution in [0.5, 0.6) is 5.75 Å². The molecule has 0 radical (unpaired) electrons. The lowest BCUT2D eigenvalue weighted by atomic mass is 9.94. The van der Waals surface area contributed by atoms with Crippen molar-refractivity contribution in [3.63, 3.8) is 0 Å².